The van der Waals surface area contributed by atoms with Crippen LogP contribution in [0.15, 0.2) is 41.3 Å². The average Bonchev–Trinajstić information content (AvgIpc) is 2.50. The SMILES string of the molecule is COC(=O)c1ccc(Cl)c(S(=O)(=O)Oc2ccc(F)c(F)c2)c1. The molecule has 2 aromatic carbocycles. The fourth-order valence-corrected chi connectivity index (χ4v) is 3.07. The van der Waals surface area contributed by atoms with Crippen LogP contribution in [0.2, 0.25) is 5.02 Å². The van der Waals surface area contributed by atoms with E-state index in [0.29, 0.717) is 12.1 Å². The minimum atomic E-state index is -4.47. The van der Waals surface area contributed by atoms with Crippen molar-refractivity contribution in [2.75, 3.05) is 7.11 Å². The van der Waals surface area contributed by atoms with Crippen LogP contribution < -0.4 is 4.18 Å². The van der Waals surface area contributed by atoms with Crippen LogP contribution in [-0.4, -0.2) is 21.5 Å². The number of methoxy groups -OCH3 is 1. The molecule has 122 valence electrons. The standard InChI is InChI=1S/C14H9ClF2O5S/c1-21-14(18)8-2-4-10(15)13(6-8)23(19,20)22-9-3-5-11(16)12(17)7-9/h2-7H,1H3. The molecular weight excluding hydrogens is 354 g/mol. The largest absolute Gasteiger partial charge is 0.465 e. The number of ether oxygens (including phenoxy) is 1. The summed E-state index contributed by atoms with van der Waals surface area (Å²) < 4.78 is 59.6. The molecule has 0 aromatic heterocycles. The zero-order valence-electron chi connectivity index (χ0n) is 11.5. The van der Waals surface area contributed by atoms with E-state index in [9.17, 15) is 22.0 Å². The van der Waals surface area contributed by atoms with Gasteiger partial charge in [0.2, 0.25) is 0 Å². The predicted molar refractivity (Wildman–Crippen MR) is 77.0 cm³/mol. The highest BCUT2D eigenvalue weighted by atomic mass is 35.5. The first kappa shape index (κ1) is 17.2. The van der Waals surface area contributed by atoms with E-state index in [4.69, 9.17) is 15.8 Å². The van der Waals surface area contributed by atoms with Crippen molar-refractivity contribution in [1.29, 1.82) is 0 Å². The molecule has 0 aliphatic rings. The van der Waals surface area contributed by atoms with Crippen LogP contribution >= 0.6 is 11.6 Å². The molecule has 0 amide bonds. The molecule has 9 heteroatoms. The van der Waals surface area contributed by atoms with Crippen molar-refractivity contribution in [1.82, 2.24) is 0 Å². The van der Waals surface area contributed by atoms with Crippen LogP contribution in [0.3, 0.4) is 0 Å². The second-order valence-electron chi connectivity index (χ2n) is 4.25. The molecule has 0 unspecified atom stereocenters. The number of hydrogen-bond donors (Lipinski definition) is 0. The smallest absolute Gasteiger partial charge is 0.340 e. The summed E-state index contributed by atoms with van der Waals surface area (Å²) in [5, 5.41) is -0.208. The Hall–Kier alpha value is -2.19. The lowest BCUT2D eigenvalue weighted by molar-refractivity contribution is 0.0600. The third-order valence-electron chi connectivity index (χ3n) is 2.72. The topological polar surface area (TPSA) is 69.7 Å². The molecule has 0 aliphatic heterocycles. The van der Waals surface area contributed by atoms with E-state index in [1.165, 1.54) is 12.1 Å². The first-order chi connectivity index (χ1) is 10.7. The molecule has 0 atom stereocenters. The molecule has 5 nitrogen and oxygen atoms in total. The van der Waals surface area contributed by atoms with Crippen LogP contribution in [0.1, 0.15) is 10.4 Å². The van der Waals surface area contributed by atoms with Gasteiger partial charge in [0.05, 0.1) is 17.7 Å². The Bertz CT molecular complexity index is 867. The van der Waals surface area contributed by atoms with Crippen molar-refractivity contribution in [3.63, 3.8) is 0 Å². The number of benzene rings is 2. The van der Waals surface area contributed by atoms with Gasteiger partial charge in [0.1, 0.15) is 10.6 Å². The Morgan fingerprint density at radius 3 is 2.39 bits per heavy atom. The summed E-state index contributed by atoms with van der Waals surface area (Å²) in [7, 11) is -3.34. The average molecular weight is 363 g/mol. The second-order valence-corrected chi connectivity index (χ2v) is 6.17. The summed E-state index contributed by atoms with van der Waals surface area (Å²) in [6, 6.07) is 5.63. The van der Waals surface area contributed by atoms with E-state index >= 15 is 0 Å². The summed E-state index contributed by atoms with van der Waals surface area (Å²) in [5.74, 6) is -3.64. The highest BCUT2D eigenvalue weighted by Gasteiger charge is 2.23. The number of rotatable bonds is 4. The normalized spacial score (nSPS) is 11.1. The number of hydrogen-bond acceptors (Lipinski definition) is 5. The van der Waals surface area contributed by atoms with E-state index in [0.717, 1.165) is 19.2 Å². The zero-order chi connectivity index (χ0) is 17.2. The molecule has 0 saturated carbocycles. The molecule has 0 bridgehead atoms. The summed E-state index contributed by atoms with van der Waals surface area (Å²) in [6.45, 7) is 0. The van der Waals surface area contributed by atoms with Crippen molar-refractivity contribution in [3.8, 4) is 5.75 Å². The first-order valence-electron chi connectivity index (χ1n) is 6.02. The molecule has 2 aromatic rings. The minimum absolute atomic E-state index is 0.0654. The van der Waals surface area contributed by atoms with Gasteiger partial charge in [-0.1, -0.05) is 11.6 Å². The van der Waals surface area contributed by atoms with Gasteiger partial charge >= 0.3 is 16.1 Å². The van der Waals surface area contributed by atoms with Crippen LogP contribution in [0.4, 0.5) is 8.78 Å². The molecule has 0 radical (unpaired) electrons. The van der Waals surface area contributed by atoms with Gasteiger partial charge < -0.3 is 8.92 Å². The Morgan fingerprint density at radius 1 is 1.09 bits per heavy atom. The van der Waals surface area contributed by atoms with Gasteiger partial charge in [-0.25, -0.2) is 13.6 Å². The molecule has 0 N–H and O–H groups in total. The monoisotopic (exact) mass is 362 g/mol. The Morgan fingerprint density at radius 2 is 1.78 bits per heavy atom. The third kappa shape index (κ3) is 3.77. The van der Waals surface area contributed by atoms with Crippen LogP contribution in [0, 0.1) is 11.6 Å². The zero-order valence-corrected chi connectivity index (χ0v) is 13.1. The maximum Gasteiger partial charge on any atom is 0.340 e. The van der Waals surface area contributed by atoms with Crippen molar-refractivity contribution in [3.05, 3.63) is 58.6 Å². The molecule has 2 rings (SSSR count). The van der Waals surface area contributed by atoms with E-state index in [1.807, 2.05) is 0 Å². The molecule has 0 aliphatic carbocycles. The summed E-state index contributed by atoms with van der Waals surface area (Å²) in [5.41, 5.74) is -0.0654. The van der Waals surface area contributed by atoms with E-state index in [1.54, 1.807) is 0 Å². The molecule has 23 heavy (non-hydrogen) atoms. The van der Waals surface area contributed by atoms with Gasteiger partial charge in [0.25, 0.3) is 0 Å². The number of esters is 1. The van der Waals surface area contributed by atoms with Crippen molar-refractivity contribution in [2.24, 2.45) is 0 Å². The third-order valence-corrected chi connectivity index (χ3v) is 4.45. The van der Waals surface area contributed by atoms with Crippen LogP contribution in [0.5, 0.6) is 5.75 Å². The molecule has 0 spiro atoms. The van der Waals surface area contributed by atoms with E-state index in [-0.39, 0.29) is 10.6 Å². The Balaban J connectivity index is 2.42. The van der Waals surface area contributed by atoms with E-state index < -0.39 is 38.4 Å². The van der Waals surface area contributed by atoms with Gasteiger partial charge in [-0.05, 0) is 30.3 Å². The lowest BCUT2D eigenvalue weighted by Crippen LogP contribution is -2.12. The van der Waals surface area contributed by atoms with Crippen LogP contribution in [0.25, 0.3) is 0 Å². The van der Waals surface area contributed by atoms with Crippen LogP contribution in [-0.2, 0) is 14.9 Å². The minimum Gasteiger partial charge on any atom is -0.465 e. The molecule has 0 fully saturated rings. The summed E-state index contributed by atoms with van der Waals surface area (Å²) in [6.07, 6.45) is 0. The Kier molecular flexibility index (Phi) is 4.86. The van der Waals surface area contributed by atoms with Gasteiger partial charge in [-0.3, -0.25) is 0 Å². The number of carbonyl (C=O) groups is 1. The highest BCUT2D eigenvalue weighted by Crippen LogP contribution is 2.27. The second kappa shape index (κ2) is 6.51. The predicted octanol–water partition coefficient (Wildman–Crippen LogP) is 3.17. The maximum absolute atomic E-state index is 13.1. The number of carbonyl (C=O) groups excluding carboxylic acids is 1. The van der Waals surface area contributed by atoms with Gasteiger partial charge in [-0.15, -0.1) is 0 Å². The molecule has 0 heterocycles. The summed E-state index contributed by atoms with van der Waals surface area (Å²) in [4.78, 5) is 10.9. The van der Waals surface area contributed by atoms with Gasteiger partial charge in [0.15, 0.2) is 11.6 Å². The number of halogens is 3. The Labute approximate surface area is 135 Å². The molecular formula is C14H9ClF2O5S. The summed E-state index contributed by atoms with van der Waals surface area (Å²) >= 11 is 5.81. The lowest BCUT2D eigenvalue weighted by Gasteiger charge is -2.10. The highest BCUT2D eigenvalue weighted by molar-refractivity contribution is 7.87. The van der Waals surface area contributed by atoms with Gasteiger partial charge in [-0.2, -0.15) is 8.42 Å². The van der Waals surface area contributed by atoms with Crippen molar-refractivity contribution < 1.29 is 30.9 Å². The molecule has 0 saturated heterocycles. The quantitative estimate of drug-likeness (QED) is 0.617. The first-order valence-corrected chi connectivity index (χ1v) is 7.80. The fraction of sp³-hybridized carbons (Fsp3) is 0.0714. The van der Waals surface area contributed by atoms with Gasteiger partial charge in [0, 0.05) is 6.07 Å². The fourth-order valence-electron chi connectivity index (χ4n) is 1.64. The lowest BCUT2D eigenvalue weighted by atomic mass is 10.2. The van der Waals surface area contributed by atoms with Crippen molar-refractivity contribution >= 4 is 27.7 Å². The van der Waals surface area contributed by atoms with Crippen molar-refractivity contribution in [2.45, 2.75) is 4.90 Å². The van der Waals surface area contributed by atoms with E-state index in [2.05, 4.69) is 4.74 Å². The maximum atomic E-state index is 13.1.